The first-order valence-electron chi connectivity index (χ1n) is 38.4. The minimum Gasteiger partial charge on any atom is -0.474 e. The van der Waals surface area contributed by atoms with Crippen molar-refractivity contribution < 1.29 is 107 Å². The van der Waals surface area contributed by atoms with Gasteiger partial charge in [0.05, 0.1) is 19.8 Å². The minimum absolute atomic E-state index is 0.0175. The van der Waals surface area contributed by atoms with Crippen molar-refractivity contribution in [3.8, 4) is 85.0 Å². The smallest absolute Gasteiger partial charge is 0.267 e. The summed E-state index contributed by atoms with van der Waals surface area (Å²) in [5.41, 5.74) is 32.6. The number of amides is 5. The second-order valence-electron chi connectivity index (χ2n) is 30.3. The van der Waals surface area contributed by atoms with Crippen LogP contribution in [0.3, 0.4) is 0 Å². The average Bonchev–Trinajstić information content (AvgIpc) is 1.68. The van der Waals surface area contributed by atoms with Crippen molar-refractivity contribution in [1.82, 2.24) is 24.9 Å². The van der Waals surface area contributed by atoms with E-state index in [9.17, 15) is 83.2 Å². The lowest BCUT2D eigenvalue weighted by atomic mass is 9.88. The molecule has 2 saturated carbocycles. The lowest BCUT2D eigenvalue weighted by Crippen LogP contribution is -2.35. The number of ether oxygens (including phenoxy) is 5. The molecule has 7 aliphatic rings. The quantitative estimate of drug-likeness (QED) is 0.0442. The summed E-state index contributed by atoms with van der Waals surface area (Å²) in [6.45, 7) is 5.04. The lowest BCUT2D eigenvalue weighted by Gasteiger charge is -2.31. The minimum atomic E-state index is -0.788. The molecule has 120 heavy (non-hydrogen) atoms. The SMILES string of the molecule is C[C@@H]1Cc2c(-c3ccc(F)cc3F)cc(C(N)=O)nc2O[C@H]1CO.C[C@H]1Cc2c(-c3ccc(F)cc3F)cc(C(N)=O)nc2O[C@@H]1CO.C[C@H]1Cc2c(-c3ccc(F)cc3F)cc(C(N)=O)nc2O[C@H]1CO.NC(=O)c1cc(-c2ccc(F)cc2F)c2c(n1)O[C@@H](C1CC1)CC2.NC(=O)c1cc(-c2ccc(F)cc2F)c2c(n1)O[C@H](C1CC1)CC2. The third kappa shape index (κ3) is 18.9. The molecular formula is C87H80F10N10O13. The molecule has 0 saturated heterocycles. The van der Waals surface area contributed by atoms with Gasteiger partial charge in [0.15, 0.2) is 0 Å². The molecule has 5 aromatic carbocycles. The number of primary amides is 5. The standard InChI is InChI=1S/2C18H16F2N2O2.3C17H16F2N2O3/c2*19-10-3-4-11(14(20)7-10)13-8-15(17(21)23)22-18-12(13)5-6-16(24-18)9-1-2-9;3*1-8-4-12-11(10-3-2-9(18)5-13(10)19)6-14(16(20)23)21-17(12)24-15(8)7-22/h2*3-4,7-9,16H,1-2,5-6H2,(H2,21,23);3*2-3,5-6,8,15,22H,4,7H2,1H3,(H2,20,23)/t2*16-;2*8-,15+;8-,15-/m10100/s1. The molecule has 23 nitrogen and oxygen atoms in total. The van der Waals surface area contributed by atoms with Crippen LogP contribution < -0.4 is 52.4 Å². The highest BCUT2D eigenvalue weighted by atomic mass is 19.2. The Bertz CT molecular complexity index is 5230. The van der Waals surface area contributed by atoms with Gasteiger partial charge in [-0.05, 0) is 219 Å². The molecule has 10 heterocycles. The van der Waals surface area contributed by atoms with Crippen LogP contribution in [-0.2, 0) is 32.1 Å². The first-order chi connectivity index (χ1) is 57.3. The zero-order chi connectivity index (χ0) is 86.0. The Morgan fingerprint density at radius 2 is 0.517 bits per heavy atom. The fourth-order valence-electron chi connectivity index (χ4n) is 15.0. The van der Waals surface area contributed by atoms with E-state index < -0.39 is 106 Å². The first kappa shape index (κ1) is 85.3. The molecule has 2 fully saturated rings. The number of nitrogens with two attached hydrogens (primary N) is 5. The number of aliphatic hydroxyl groups is 3. The molecular weight excluding hydrogens is 1580 g/mol. The summed E-state index contributed by atoms with van der Waals surface area (Å²) in [5.74, 6) is -8.76. The van der Waals surface area contributed by atoms with Gasteiger partial charge in [-0.3, -0.25) is 24.0 Å². The molecule has 5 amide bonds. The highest BCUT2D eigenvalue weighted by molar-refractivity contribution is 5.96. The molecule has 33 heteroatoms. The van der Waals surface area contributed by atoms with Gasteiger partial charge in [-0.1, -0.05) is 20.8 Å². The van der Waals surface area contributed by atoms with Gasteiger partial charge in [0.25, 0.3) is 29.5 Å². The monoisotopic (exact) mass is 1660 g/mol. The van der Waals surface area contributed by atoms with Crippen molar-refractivity contribution >= 4 is 29.5 Å². The van der Waals surface area contributed by atoms with E-state index in [1.165, 1.54) is 72.8 Å². The molecule has 5 aliphatic heterocycles. The number of aliphatic hydroxyl groups excluding tert-OH is 3. The van der Waals surface area contributed by atoms with E-state index in [0.717, 1.165) is 98.2 Å². The van der Waals surface area contributed by atoms with E-state index >= 15 is 0 Å². The van der Waals surface area contributed by atoms with Crippen molar-refractivity contribution in [2.75, 3.05) is 19.8 Å². The third-order valence-corrected chi connectivity index (χ3v) is 21.8. The van der Waals surface area contributed by atoms with Crippen molar-refractivity contribution in [1.29, 1.82) is 0 Å². The molecule has 2 aliphatic carbocycles. The summed E-state index contributed by atoms with van der Waals surface area (Å²) >= 11 is 0. The summed E-state index contributed by atoms with van der Waals surface area (Å²) < 4.78 is 166. The maximum atomic E-state index is 14.2. The number of halogens is 10. The third-order valence-electron chi connectivity index (χ3n) is 21.8. The number of fused-ring (bicyclic) bond motifs is 5. The summed E-state index contributed by atoms with van der Waals surface area (Å²) in [6, 6.07) is 23.4. The summed E-state index contributed by atoms with van der Waals surface area (Å²) in [7, 11) is 0. The zero-order valence-corrected chi connectivity index (χ0v) is 64.5. The molecule has 626 valence electrons. The van der Waals surface area contributed by atoms with E-state index in [4.69, 9.17) is 52.4 Å². The molecule has 8 atom stereocenters. The summed E-state index contributed by atoms with van der Waals surface area (Å²) in [5, 5.41) is 28.1. The number of rotatable bonds is 15. The fraction of sp³-hybridized carbons (Fsp3) is 0.310. The van der Waals surface area contributed by atoms with E-state index in [1.54, 1.807) is 0 Å². The predicted octanol–water partition coefficient (Wildman–Crippen LogP) is 12.6. The number of hydrogen-bond donors (Lipinski definition) is 8. The lowest BCUT2D eigenvalue weighted by molar-refractivity contribution is 0.0561. The summed E-state index contributed by atoms with van der Waals surface area (Å²) in [4.78, 5) is 78.4. The highest BCUT2D eigenvalue weighted by Crippen LogP contribution is 2.47. The van der Waals surface area contributed by atoms with Gasteiger partial charge in [0.1, 0.15) is 117 Å². The van der Waals surface area contributed by atoms with Crippen LogP contribution in [0.5, 0.6) is 29.4 Å². The molecule has 0 radical (unpaired) electrons. The fourth-order valence-corrected chi connectivity index (χ4v) is 15.0. The van der Waals surface area contributed by atoms with Crippen LogP contribution in [0.2, 0.25) is 0 Å². The summed E-state index contributed by atoms with van der Waals surface area (Å²) in [6.07, 6.45) is 7.69. The number of nitrogens with zero attached hydrogens (tertiary/aromatic N) is 5. The highest BCUT2D eigenvalue weighted by Gasteiger charge is 2.40. The Hall–Kier alpha value is -12.6. The van der Waals surface area contributed by atoms with Gasteiger partial charge in [-0.15, -0.1) is 0 Å². The predicted molar refractivity (Wildman–Crippen MR) is 415 cm³/mol. The van der Waals surface area contributed by atoms with Crippen LogP contribution in [-0.4, -0.2) is 120 Å². The largest absolute Gasteiger partial charge is 0.474 e. The van der Waals surface area contributed by atoms with Crippen molar-refractivity contribution in [3.63, 3.8) is 0 Å². The average molecular weight is 1660 g/mol. The number of benzene rings is 5. The molecule has 0 bridgehead atoms. The van der Waals surface area contributed by atoms with Gasteiger partial charge >= 0.3 is 0 Å². The molecule has 10 aromatic rings. The molecule has 0 unspecified atom stereocenters. The van der Waals surface area contributed by atoms with Crippen LogP contribution in [0.15, 0.2) is 121 Å². The Labute approximate surface area is 679 Å². The first-order valence-corrected chi connectivity index (χ1v) is 38.4. The van der Waals surface area contributed by atoms with Crippen LogP contribution in [0.25, 0.3) is 55.6 Å². The van der Waals surface area contributed by atoms with Crippen LogP contribution >= 0.6 is 0 Å². The van der Waals surface area contributed by atoms with Gasteiger partial charge in [-0.2, -0.15) is 0 Å². The van der Waals surface area contributed by atoms with Gasteiger partial charge < -0.3 is 67.7 Å². The molecule has 13 N–H and O–H groups in total. The van der Waals surface area contributed by atoms with Gasteiger partial charge in [-0.25, -0.2) is 68.8 Å². The van der Waals surface area contributed by atoms with Crippen molar-refractivity contribution in [3.05, 3.63) is 236 Å². The second kappa shape index (κ2) is 35.9. The number of aromatic nitrogens is 5. The van der Waals surface area contributed by atoms with E-state index in [0.29, 0.717) is 100 Å². The van der Waals surface area contributed by atoms with Crippen molar-refractivity contribution in [2.24, 2.45) is 58.3 Å². The number of hydrogen-bond acceptors (Lipinski definition) is 18. The van der Waals surface area contributed by atoms with E-state index in [2.05, 4.69) is 24.9 Å². The van der Waals surface area contributed by atoms with Crippen LogP contribution in [0, 0.1) is 87.8 Å². The Morgan fingerprint density at radius 3 is 0.708 bits per heavy atom. The normalized spacial score (nSPS) is 19.5. The van der Waals surface area contributed by atoms with Gasteiger partial charge in [0, 0.05) is 86.0 Å². The molecule has 0 spiro atoms. The number of carbonyl (C=O) groups excluding carboxylic acids is 5. The van der Waals surface area contributed by atoms with E-state index in [-0.39, 0.29) is 124 Å². The number of pyridine rings is 5. The Morgan fingerprint density at radius 1 is 0.308 bits per heavy atom. The maximum Gasteiger partial charge on any atom is 0.267 e. The van der Waals surface area contributed by atoms with Gasteiger partial charge in [0.2, 0.25) is 29.4 Å². The second-order valence-corrected chi connectivity index (χ2v) is 30.3. The molecule has 17 rings (SSSR count). The van der Waals surface area contributed by atoms with Crippen LogP contribution in [0.4, 0.5) is 43.9 Å². The Balaban J connectivity index is 0.000000130. The van der Waals surface area contributed by atoms with Crippen molar-refractivity contribution in [2.45, 2.75) is 122 Å². The topological polar surface area (TPSA) is 387 Å². The maximum absolute atomic E-state index is 14.2. The Kier molecular flexibility index (Phi) is 25.5. The number of carbonyl (C=O) groups is 5. The zero-order valence-electron chi connectivity index (χ0n) is 64.5. The van der Waals surface area contributed by atoms with Crippen LogP contribution in [0.1, 0.15) is 140 Å². The molecule has 5 aromatic heterocycles. The van der Waals surface area contributed by atoms with E-state index in [1.807, 2.05) is 20.8 Å².